The van der Waals surface area contributed by atoms with Crippen molar-refractivity contribution in [3.8, 4) is 16.9 Å². The third-order valence-corrected chi connectivity index (χ3v) is 4.37. The highest BCUT2D eigenvalue weighted by atomic mass is 16.5. The van der Waals surface area contributed by atoms with Gasteiger partial charge in [0.2, 0.25) is 0 Å². The fraction of sp³-hybridized carbons (Fsp3) is 0.421. The number of rotatable bonds is 5. The van der Waals surface area contributed by atoms with Gasteiger partial charge in [-0.25, -0.2) is 14.8 Å². The molecule has 0 bridgehead atoms. The maximum Gasteiger partial charge on any atom is 0.318 e. The lowest BCUT2D eigenvalue weighted by Gasteiger charge is -2.26. The van der Waals surface area contributed by atoms with Crippen LogP contribution in [0.2, 0.25) is 0 Å². The first-order valence-electron chi connectivity index (χ1n) is 8.73. The molecule has 2 aromatic rings. The van der Waals surface area contributed by atoms with Gasteiger partial charge < -0.3 is 19.7 Å². The quantitative estimate of drug-likeness (QED) is 0.833. The van der Waals surface area contributed by atoms with E-state index in [1.165, 1.54) is 6.33 Å². The smallest absolute Gasteiger partial charge is 0.318 e. The number of amides is 2. The molecule has 138 valence electrons. The highest BCUT2D eigenvalue weighted by molar-refractivity contribution is 5.75. The van der Waals surface area contributed by atoms with E-state index in [2.05, 4.69) is 15.3 Å². The molecule has 2 heterocycles. The van der Waals surface area contributed by atoms with Gasteiger partial charge in [0.05, 0.1) is 12.6 Å². The van der Waals surface area contributed by atoms with Crippen molar-refractivity contribution < 1.29 is 14.3 Å². The molecular formula is C19H24N4O3. The van der Waals surface area contributed by atoms with Crippen LogP contribution in [0.4, 0.5) is 4.79 Å². The summed E-state index contributed by atoms with van der Waals surface area (Å²) in [5.41, 5.74) is 2.91. The van der Waals surface area contributed by atoms with Crippen molar-refractivity contribution in [2.45, 2.75) is 25.9 Å². The number of nitrogens with zero attached hydrogens (tertiary/aromatic N) is 3. The van der Waals surface area contributed by atoms with Crippen molar-refractivity contribution in [1.82, 2.24) is 20.2 Å². The molecule has 0 fully saturated rings. The minimum absolute atomic E-state index is 0.0201. The molecule has 3 rings (SSSR count). The summed E-state index contributed by atoms with van der Waals surface area (Å²) in [5, 5.41) is 2.95. The lowest BCUT2D eigenvalue weighted by atomic mass is 10.0. The van der Waals surface area contributed by atoms with E-state index in [0.29, 0.717) is 26.3 Å². The van der Waals surface area contributed by atoms with Gasteiger partial charge in [0.25, 0.3) is 0 Å². The zero-order chi connectivity index (χ0) is 18.4. The third kappa shape index (κ3) is 4.29. The standard InChI is InChI=1S/C19H24N4O3/c1-14-12-26-18-5-4-15(17-9-20-13-21-10-17)8-16(18)11-23(14)19(24)22-6-3-7-25-2/h4-5,8-10,13-14H,3,6-7,11-12H2,1-2H3,(H,22,24). The van der Waals surface area contributed by atoms with Gasteiger partial charge in [-0.1, -0.05) is 6.07 Å². The Hall–Kier alpha value is -2.67. The van der Waals surface area contributed by atoms with Crippen LogP contribution in [-0.4, -0.2) is 53.8 Å². The molecule has 1 aliphatic heterocycles. The number of carbonyl (C=O) groups is 1. The van der Waals surface area contributed by atoms with Crippen molar-refractivity contribution in [1.29, 1.82) is 0 Å². The van der Waals surface area contributed by atoms with Crippen LogP contribution in [0, 0.1) is 0 Å². The van der Waals surface area contributed by atoms with Gasteiger partial charge in [0.15, 0.2) is 0 Å². The number of hydrogen-bond acceptors (Lipinski definition) is 5. The van der Waals surface area contributed by atoms with E-state index in [1.807, 2.05) is 30.0 Å². The summed E-state index contributed by atoms with van der Waals surface area (Å²) in [4.78, 5) is 22.5. The summed E-state index contributed by atoms with van der Waals surface area (Å²) in [6.45, 7) is 4.17. The minimum atomic E-state index is -0.0847. The molecule has 0 saturated heterocycles. The Morgan fingerprint density at radius 3 is 2.92 bits per heavy atom. The molecule has 1 atom stereocenters. The molecule has 1 aliphatic rings. The number of aromatic nitrogens is 2. The van der Waals surface area contributed by atoms with Crippen LogP contribution in [0.1, 0.15) is 18.9 Å². The average Bonchev–Trinajstić information content (AvgIpc) is 2.84. The lowest BCUT2D eigenvalue weighted by Crippen LogP contribution is -2.46. The first-order chi connectivity index (χ1) is 12.7. The molecule has 0 saturated carbocycles. The number of benzene rings is 1. The Labute approximate surface area is 153 Å². The van der Waals surface area contributed by atoms with Gasteiger partial charge >= 0.3 is 6.03 Å². The van der Waals surface area contributed by atoms with Gasteiger partial charge in [0, 0.05) is 43.8 Å². The topological polar surface area (TPSA) is 76.6 Å². The maximum atomic E-state index is 12.6. The van der Waals surface area contributed by atoms with Crippen molar-refractivity contribution in [3.63, 3.8) is 0 Å². The SMILES string of the molecule is COCCCNC(=O)N1Cc2cc(-c3cncnc3)ccc2OCC1C. The average molecular weight is 356 g/mol. The number of nitrogens with one attached hydrogen (secondary N) is 1. The van der Waals surface area contributed by atoms with Crippen LogP contribution in [0.3, 0.4) is 0 Å². The normalized spacial score (nSPS) is 16.4. The monoisotopic (exact) mass is 356 g/mol. The number of fused-ring (bicyclic) bond motifs is 1. The number of urea groups is 1. The van der Waals surface area contributed by atoms with Crippen molar-refractivity contribution in [2.24, 2.45) is 0 Å². The van der Waals surface area contributed by atoms with Crippen LogP contribution in [0.15, 0.2) is 36.9 Å². The molecule has 1 aromatic heterocycles. The summed E-state index contributed by atoms with van der Waals surface area (Å²) in [7, 11) is 1.66. The van der Waals surface area contributed by atoms with Gasteiger partial charge in [0.1, 0.15) is 18.7 Å². The fourth-order valence-electron chi connectivity index (χ4n) is 2.90. The Morgan fingerprint density at radius 2 is 2.15 bits per heavy atom. The zero-order valence-corrected chi connectivity index (χ0v) is 15.1. The van der Waals surface area contributed by atoms with Crippen LogP contribution in [0.5, 0.6) is 5.75 Å². The van der Waals surface area contributed by atoms with Gasteiger partial charge in [-0.05, 0) is 31.0 Å². The summed E-state index contributed by atoms with van der Waals surface area (Å²) in [6, 6.07) is 5.87. The van der Waals surface area contributed by atoms with Crippen molar-refractivity contribution in [2.75, 3.05) is 26.9 Å². The second kappa shape index (κ2) is 8.62. The van der Waals surface area contributed by atoms with E-state index in [1.54, 1.807) is 19.5 Å². The first-order valence-corrected chi connectivity index (χ1v) is 8.73. The summed E-state index contributed by atoms with van der Waals surface area (Å²) in [5.74, 6) is 0.812. The predicted molar refractivity (Wildman–Crippen MR) is 97.9 cm³/mol. The maximum absolute atomic E-state index is 12.6. The summed E-state index contributed by atoms with van der Waals surface area (Å²) >= 11 is 0. The number of methoxy groups -OCH3 is 1. The molecule has 2 amide bonds. The largest absolute Gasteiger partial charge is 0.491 e. The molecule has 0 aliphatic carbocycles. The lowest BCUT2D eigenvalue weighted by molar-refractivity contribution is 0.154. The Kier molecular flexibility index (Phi) is 6.01. The summed E-state index contributed by atoms with van der Waals surface area (Å²) in [6.07, 6.45) is 5.84. The Morgan fingerprint density at radius 1 is 1.35 bits per heavy atom. The molecule has 0 spiro atoms. The molecule has 1 aromatic carbocycles. The minimum Gasteiger partial charge on any atom is -0.491 e. The number of carbonyl (C=O) groups excluding carboxylic acids is 1. The molecule has 1 N–H and O–H groups in total. The zero-order valence-electron chi connectivity index (χ0n) is 15.1. The Bertz CT molecular complexity index is 739. The third-order valence-electron chi connectivity index (χ3n) is 4.37. The van der Waals surface area contributed by atoms with Gasteiger partial charge in [-0.15, -0.1) is 0 Å². The molecule has 7 nitrogen and oxygen atoms in total. The van der Waals surface area contributed by atoms with E-state index >= 15 is 0 Å². The van der Waals surface area contributed by atoms with Crippen LogP contribution >= 0.6 is 0 Å². The highest BCUT2D eigenvalue weighted by Crippen LogP contribution is 2.30. The highest BCUT2D eigenvalue weighted by Gasteiger charge is 2.25. The van der Waals surface area contributed by atoms with E-state index in [-0.39, 0.29) is 12.1 Å². The molecule has 26 heavy (non-hydrogen) atoms. The fourth-order valence-corrected chi connectivity index (χ4v) is 2.90. The number of hydrogen-bond donors (Lipinski definition) is 1. The summed E-state index contributed by atoms with van der Waals surface area (Å²) < 4.78 is 10.9. The molecule has 1 unspecified atom stereocenters. The molecule has 7 heteroatoms. The van der Waals surface area contributed by atoms with Crippen LogP contribution < -0.4 is 10.1 Å². The second-order valence-electron chi connectivity index (χ2n) is 6.32. The van der Waals surface area contributed by atoms with Crippen molar-refractivity contribution >= 4 is 6.03 Å². The van der Waals surface area contributed by atoms with Gasteiger partial charge in [-0.3, -0.25) is 0 Å². The predicted octanol–water partition coefficient (Wildman–Crippen LogP) is 2.47. The number of ether oxygens (including phenoxy) is 2. The first kappa shape index (κ1) is 18.1. The van der Waals surface area contributed by atoms with E-state index in [0.717, 1.165) is 28.9 Å². The van der Waals surface area contributed by atoms with Crippen molar-refractivity contribution in [3.05, 3.63) is 42.5 Å². The van der Waals surface area contributed by atoms with Crippen LogP contribution in [-0.2, 0) is 11.3 Å². The van der Waals surface area contributed by atoms with Gasteiger partial charge in [-0.2, -0.15) is 0 Å². The van der Waals surface area contributed by atoms with Crippen LogP contribution in [0.25, 0.3) is 11.1 Å². The Balaban J connectivity index is 1.76. The van der Waals surface area contributed by atoms with E-state index < -0.39 is 0 Å². The molecular weight excluding hydrogens is 332 g/mol. The van der Waals surface area contributed by atoms with E-state index in [4.69, 9.17) is 9.47 Å². The molecule has 0 radical (unpaired) electrons. The second-order valence-corrected chi connectivity index (χ2v) is 6.32. The van der Waals surface area contributed by atoms with E-state index in [9.17, 15) is 4.79 Å².